The molecule has 4 rings (SSSR count). The van der Waals surface area contributed by atoms with E-state index in [0.29, 0.717) is 35.9 Å². The highest BCUT2D eigenvalue weighted by atomic mass is 16.6. The molecule has 2 aromatic rings. The smallest absolute Gasteiger partial charge is 0.409 e. The number of ether oxygens (including phenoxy) is 1. The van der Waals surface area contributed by atoms with Crippen LogP contribution >= 0.6 is 0 Å². The number of allylic oxidation sites excluding steroid dienone is 4. The average Bonchev–Trinajstić information content (AvgIpc) is 3.58. The summed E-state index contributed by atoms with van der Waals surface area (Å²) in [6.45, 7) is 12.3. The van der Waals surface area contributed by atoms with Crippen molar-refractivity contribution in [1.82, 2.24) is 25.1 Å². The predicted octanol–water partition coefficient (Wildman–Crippen LogP) is 3.17. The van der Waals surface area contributed by atoms with Crippen LogP contribution in [-0.4, -0.2) is 101 Å². The molecule has 2 fully saturated rings. The molecule has 3 amide bonds. The second-order valence-electron chi connectivity index (χ2n) is 10.4. The molecule has 1 aromatic heterocycles. The van der Waals surface area contributed by atoms with Crippen molar-refractivity contribution in [1.29, 1.82) is 0 Å². The van der Waals surface area contributed by atoms with Crippen LogP contribution in [0.5, 0.6) is 0 Å². The standard InChI is InChI=1S/C32H38N6O6/c1-4-9-23(5-2)28-33-25(21-27(35-28)36-14-7-8-15-36)29(39)34-26(20-22-10-12-24(13-11-22)31(41)42)30(40)37-16-18-38(19-17-37)32(43)44-6-3/h4-5,9-13,21,26H,1-2,6-8,14-20H2,3H3,(H,34,39)(H,41,42)/b23-9+/t26-/m0/s1. The van der Waals surface area contributed by atoms with Crippen molar-refractivity contribution in [3.05, 3.63) is 84.4 Å². The molecule has 3 heterocycles. The van der Waals surface area contributed by atoms with E-state index in [0.717, 1.165) is 25.9 Å². The van der Waals surface area contributed by atoms with Crippen LogP contribution in [-0.2, 0) is 16.0 Å². The van der Waals surface area contributed by atoms with Gasteiger partial charge in [0.15, 0.2) is 5.82 Å². The Morgan fingerprint density at radius 2 is 1.66 bits per heavy atom. The summed E-state index contributed by atoms with van der Waals surface area (Å²) in [6, 6.07) is 6.81. The molecule has 12 heteroatoms. The third-order valence-electron chi connectivity index (χ3n) is 7.51. The SMILES string of the molecule is C=C/C=C(\C=C)c1nc(C(=O)N[C@@H](Cc2ccc(C(=O)O)cc2)C(=O)N2CCN(C(=O)OCC)CC2)cc(N2CCCC2)n1. The zero-order valence-corrected chi connectivity index (χ0v) is 24.9. The first kappa shape index (κ1) is 31.9. The fourth-order valence-corrected chi connectivity index (χ4v) is 5.14. The number of amides is 3. The number of aromatic carboxylic acids is 1. The Labute approximate surface area is 256 Å². The van der Waals surface area contributed by atoms with Gasteiger partial charge in [0.1, 0.15) is 17.6 Å². The Bertz CT molecular complexity index is 1430. The van der Waals surface area contributed by atoms with Crippen molar-refractivity contribution >= 4 is 35.3 Å². The predicted molar refractivity (Wildman–Crippen MR) is 165 cm³/mol. The zero-order valence-electron chi connectivity index (χ0n) is 24.9. The average molecular weight is 603 g/mol. The minimum absolute atomic E-state index is 0.0971. The molecular formula is C32H38N6O6. The molecule has 1 atom stereocenters. The number of benzene rings is 1. The van der Waals surface area contributed by atoms with Crippen molar-refractivity contribution in [2.24, 2.45) is 0 Å². The lowest BCUT2D eigenvalue weighted by atomic mass is 10.0. The van der Waals surface area contributed by atoms with Gasteiger partial charge in [0.25, 0.3) is 5.91 Å². The molecule has 2 aliphatic heterocycles. The largest absolute Gasteiger partial charge is 0.478 e. The van der Waals surface area contributed by atoms with Crippen LogP contribution in [0.25, 0.3) is 5.57 Å². The Kier molecular flexibility index (Phi) is 10.8. The summed E-state index contributed by atoms with van der Waals surface area (Å²) in [5.74, 6) is -1.01. The van der Waals surface area contributed by atoms with Gasteiger partial charge in [-0.15, -0.1) is 0 Å². The number of carbonyl (C=O) groups is 4. The summed E-state index contributed by atoms with van der Waals surface area (Å²) in [7, 11) is 0. The van der Waals surface area contributed by atoms with E-state index in [2.05, 4.69) is 33.3 Å². The Morgan fingerprint density at radius 1 is 1.00 bits per heavy atom. The number of hydrogen-bond acceptors (Lipinski definition) is 8. The molecule has 2 aliphatic rings. The van der Waals surface area contributed by atoms with E-state index < -0.39 is 24.0 Å². The Balaban J connectivity index is 1.61. The monoisotopic (exact) mass is 602 g/mol. The molecule has 1 aromatic carbocycles. The van der Waals surface area contributed by atoms with Gasteiger partial charge in [-0.05, 0) is 37.5 Å². The van der Waals surface area contributed by atoms with Crippen LogP contribution in [0.2, 0.25) is 0 Å². The summed E-state index contributed by atoms with van der Waals surface area (Å²) in [5, 5.41) is 12.2. The second-order valence-corrected chi connectivity index (χ2v) is 10.4. The Morgan fingerprint density at radius 3 is 2.25 bits per heavy atom. The highest BCUT2D eigenvalue weighted by molar-refractivity contribution is 5.97. The highest BCUT2D eigenvalue weighted by Gasteiger charge is 2.31. The molecule has 0 bridgehead atoms. The molecular weight excluding hydrogens is 564 g/mol. The first-order valence-electron chi connectivity index (χ1n) is 14.7. The van der Waals surface area contributed by atoms with Crippen LogP contribution in [0, 0.1) is 0 Å². The molecule has 44 heavy (non-hydrogen) atoms. The van der Waals surface area contributed by atoms with Gasteiger partial charge in [0, 0.05) is 57.3 Å². The molecule has 0 saturated carbocycles. The van der Waals surface area contributed by atoms with Crippen LogP contribution in [0.1, 0.15) is 52.0 Å². The number of rotatable bonds is 11. The number of carbonyl (C=O) groups excluding carboxylic acids is 3. The maximum Gasteiger partial charge on any atom is 0.409 e. The normalized spacial score (nSPS) is 15.8. The van der Waals surface area contributed by atoms with E-state index in [1.165, 1.54) is 12.1 Å². The fraction of sp³-hybridized carbons (Fsp3) is 0.375. The summed E-state index contributed by atoms with van der Waals surface area (Å²) in [5.41, 5.74) is 1.48. The maximum absolute atomic E-state index is 13.8. The van der Waals surface area contributed by atoms with Gasteiger partial charge < -0.3 is 29.9 Å². The van der Waals surface area contributed by atoms with Crippen LogP contribution < -0.4 is 10.2 Å². The molecule has 0 spiro atoms. The lowest BCUT2D eigenvalue weighted by Crippen LogP contribution is -2.56. The number of anilines is 1. The molecule has 2 N–H and O–H groups in total. The quantitative estimate of drug-likeness (QED) is 0.371. The molecule has 0 radical (unpaired) electrons. The fourth-order valence-electron chi connectivity index (χ4n) is 5.14. The molecule has 0 unspecified atom stereocenters. The van der Waals surface area contributed by atoms with Crippen molar-refractivity contribution in [3.63, 3.8) is 0 Å². The van der Waals surface area contributed by atoms with Crippen LogP contribution in [0.3, 0.4) is 0 Å². The van der Waals surface area contributed by atoms with E-state index in [-0.39, 0.29) is 43.3 Å². The van der Waals surface area contributed by atoms with E-state index >= 15 is 0 Å². The van der Waals surface area contributed by atoms with Crippen molar-refractivity contribution in [3.8, 4) is 0 Å². The highest BCUT2D eigenvalue weighted by Crippen LogP contribution is 2.22. The van der Waals surface area contributed by atoms with Crippen LogP contribution in [0.4, 0.5) is 10.6 Å². The number of aromatic nitrogens is 2. The number of piperazine rings is 1. The summed E-state index contributed by atoms with van der Waals surface area (Å²) >= 11 is 0. The lowest BCUT2D eigenvalue weighted by Gasteiger charge is -2.36. The molecule has 0 aliphatic carbocycles. The van der Waals surface area contributed by atoms with Gasteiger partial charge in [-0.2, -0.15) is 0 Å². The summed E-state index contributed by atoms with van der Waals surface area (Å²) in [4.78, 5) is 65.6. The molecule has 2 saturated heterocycles. The van der Waals surface area contributed by atoms with Gasteiger partial charge in [-0.1, -0.05) is 43.5 Å². The summed E-state index contributed by atoms with van der Waals surface area (Å²) < 4.78 is 5.08. The second kappa shape index (κ2) is 14.9. The van der Waals surface area contributed by atoms with E-state index in [1.54, 1.807) is 53.2 Å². The van der Waals surface area contributed by atoms with Gasteiger partial charge >= 0.3 is 12.1 Å². The van der Waals surface area contributed by atoms with Gasteiger partial charge in [0.2, 0.25) is 5.91 Å². The van der Waals surface area contributed by atoms with E-state index in [1.807, 2.05) is 0 Å². The number of hydrogen-bond donors (Lipinski definition) is 2. The lowest BCUT2D eigenvalue weighted by molar-refractivity contribution is -0.134. The van der Waals surface area contributed by atoms with Crippen molar-refractivity contribution < 1.29 is 29.0 Å². The van der Waals surface area contributed by atoms with Gasteiger partial charge in [-0.25, -0.2) is 19.6 Å². The molecule has 232 valence electrons. The topological polar surface area (TPSA) is 145 Å². The third-order valence-corrected chi connectivity index (χ3v) is 7.51. The van der Waals surface area contributed by atoms with Crippen molar-refractivity contribution in [2.75, 3.05) is 50.8 Å². The van der Waals surface area contributed by atoms with E-state index in [4.69, 9.17) is 4.74 Å². The third kappa shape index (κ3) is 7.88. The number of nitrogens with one attached hydrogen (secondary N) is 1. The number of carboxylic acid groups (broad SMARTS) is 1. The maximum atomic E-state index is 13.8. The minimum atomic E-state index is -1.06. The van der Waals surface area contributed by atoms with Gasteiger partial charge in [0.05, 0.1) is 12.2 Å². The first-order chi connectivity index (χ1) is 21.2. The molecule has 12 nitrogen and oxygen atoms in total. The van der Waals surface area contributed by atoms with Gasteiger partial charge in [-0.3, -0.25) is 9.59 Å². The van der Waals surface area contributed by atoms with Crippen LogP contribution in [0.15, 0.2) is 61.7 Å². The zero-order chi connectivity index (χ0) is 31.6. The van der Waals surface area contributed by atoms with E-state index in [9.17, 15) is 24.3 Å². The number of nitrogens with zero attached hydrogens (tertiary/aromatic N) is 5. The van der Waals surface area contributed by atoms with Crippen molar-refractivity contribution in [2.45, 2.75) is 32.2 Å². The summed E-state index contributed by atoms with van der Waals surface area (Å²) in [6.07, 6.45) is 6.61. The minimum Gasteiger partial charge on any atom is -0.478 e. The first-order valence-corrected chi connectivity index (χ1v) is 14.7. The number of carboxylic acids is 1. The Hall–Kier alpha value is -5.00.